The molecule has 3 aromatic rings. The summed E-state index contributed by atoms with van der Waals surface area (Å²) in [5, 5.41) is 13.3. The molecule has 7 nitrogen and oxygen atoms in total. The Labute approximate surface area is 199 Å². The van der Waals surface area contributed by atoms with Gasteiger partial charge in [0.1, 0.15) is 13.2 Å². The van der Waals surface area contributed by atoms with Gasteiger partial charge in [-0.2, -0.15) is 0 Å². The molecule has 1 heterocycles. The molecule has 2 N–H and O–H groups in total. The Hall–Kier alpha value is -2.36. The average Bonchev–Trinajstić information content (AvgIpc) is 3.22. The van der Waals surface area contributed by atoms with Crippen molar-refractivity contribution in [2.75, 3.05) is 38.9 Å². The highest BCUT2D eigenvalue weighted by molar-refractivity contribution is 7.15. The number of aliphatic hydroxyl groups excluding tert-OH is 1. The topological polar surface area (TPSA) is 89.9 Å². The Kier molecular flexibility index (Phi) is 9.13. The predicted molar refractivity (Wildman–Crippen MR) is 126 cm³/mol. The van der Waals surface area contributed by atoms with E-state index < -0.39 is 0 Å². The van der Waals surface area contributed by atoms with Crippen molar-refractivity contribution in [3.8, 4) is 11.5 Å². The van der Waals surface area contributed by atoms with E-state index in [1.807, 2.05) is 12.1 Å². The molecule has 0 aliphatic carbocycles. The number of halogens is 2. The minimum absolute atomic E-state index is 0.0796. The summed E-state index contributed by atoms with van der Waals surface area (Å²) < 4.78 is 16.1. The minimum Gasteiger partial charge on any atom is -0.487 e. The Morgan fingerprint density at radius 3 is 2.62 bits per heavy atom. The fourth-order valence-electron chi connectivity index (χ4n) is 2.74. The average molecular weight is 497 g/mol. The third-order valence-corrected chi connectivity index (χ3v) is 5.89. The Balaban J connectivity index is 1.67. The van der Waals surface area contributed by atoms with Gasteiger partial charge in [0.25, 0.3) is 5.91 Å². The van der Waals surface area contributed by atoms with Gasteiger partial charge < -0.3 is 19.3 Å². The van der Waals surface area contributed by atoms with E-state index in [0.717, 1.165) is 10.4 Å². The first-order valence-electron chi connectivity index (χ1n) is 9.69. The van der Waals surface area contributed by atoms with E-state index in [-0.39, 0.29) is 19.1 Å². The number of methoxy groups -OCH3 is 1. The highest BCUT2D eigenvalue weighted by atomic mass is 35.5. The van der Waals surface area contributed by atoms with Crippen LogP contribution in [0, 0.1) is 0 Å². The van der Waals surface area contributed by atoms with Gasteiger partial charge in [-0.15, -0.1) is 11.3 Å². The molecule has 0 saturated carbocycles. The van der Waals surface area contributed by atoms with E-state index in [0.29, 0.717) is 51.9 Å². The predicted octanol–water partition coefficient (Wildman–Crippen LogP) is 4.69. The molecule has 0 aliphatic rings. The van der Waals surface area contributed by atoms with Gasteiger partial charge in [0, 0.05) is 30.2 Å². The third kappa shape index (κ3) is 6.82. The van der Waals surface area contributed by atoms with Gasteiger partial charge in [-0.3, -0.25) is 10.1 Å². The first-order chi connectivity index (χ1) is 15.5. The molecule has 32 heavy (non-hydrogen) atoms. The molecule has 0 radical (unpaired) electrons. The lowest BCUT2D eigenvalue weighted by atomic mass is 10.1. The zero-order valence-corrected chi connectivity index (χ0v) is 19.6. The summed E-state index contributed by atoms with van der Waals surface area (Å²) in [6.07, 6.45) is 2.34. The number of hydrogen-bond donors (Lipinski definition) is 2. The zero-order chi connectivity index (χ0) is 22.9. The summed E-state index contributed by atoms with van der Waals surface area (Å²) in [4.78, 5) is 18.0. The van der Waals surface area contributed by atoms with Gasteiger partial charge in [0.2, 0.25) is 0 Å². The molecule has 1 aromatic heterocycles. The second-order valence-electron chi connectivity index (χ2n) is 6.59. The molecule has 3 rings (SSSR count). The molecular weight excluding hydrogens is 475 g/mol. The fourth-order valence-corrected chi connectivity index (χ4v) is 3.90. The van der Waals surface area contributed by atoms with Crippen molar-refractivity contribution in [2.45, 2.75) is 6.42 Å². The summed E-state index contributed by atoms with van der Waals surface area (Å²) in [6.45, 7) is 0.666. The number of nitrogens with zero attached hydrogens (tertiary/aromatic N) is 1. The van der Waals surface area contributed by atoms with Crippen LogP contribution in [-0.4, -0.2) is 49.5 Å². The van der Waals surface area contributed by atoms with Crippen LogP contribution in [0.5, 0.6) is 11.5 Å². The Morgan fingerprint density at radius 1 is 1.06 bits per heavy atom. The van der Waals surface area contributed by atoms with Crippen molar-refractivity contribution in [3.05, 3.63) is 68.6 Å². The number of rotatable bonds is 11. The second kappa shape index (κ2) is 12.0. The third-order valence-electron chi connectivity index (χ3n) is 4.24. The maximum atomic E-state index is 12.7. The first kappa shape index (κ1) is 24.3. The molecule has 2 aromatic carbocycles. The van der Waals surface area contributed by atoms with Crippen molar-refractivity contribution < 1.29 is 24.1 Å². The van der Waals surface area contributed by atoms with E-state index in [9.17, 15) is 4.79 Å². The van der Waals surface area contributed by atoms with E-state index >= 15 is 0 Å². The fraction of sp³-hybridized carbons (Fsp3) is 0.273. The highest BCUT2D eigenvalue weighted by Crippen LogP contribution is 2.30. The van der Waals surface area contributed by atoms with Crippen LogP contribution >= 0.6 is 34.5 Å². The summed E-state index contributed by atoms with van der Waals surface area (Å²) in [6, 6.07) is 10.3. The van der Waals surface area contributed by atoms with Gasteiger partial charge in [-0.05, 0) is 35.9 Å². The molecule has 0 atom stereocenters. The molecule has 0 fully saturated rings. The molecule has 0 spiro atoms. The van der Waals surface area contributed by atoms with Gasteiger partial charge in [-0.25, -0.2) is 4.98 Å². The summed E-state index contributed by atoms with van der Waals surface area (Å²) in [7, 11) is 1.58. The minimum atomic E-state index is -0.335. The van der Waals surface area contributed by atoms with E-state index in [4.69, 9.17) is 42.5 Å². The molecule has 0 bridgehead atoms. The molecule has 0 aliphatic heterocycles. The molecule has 10 heteroatoms. The van der Waals surface area contributed by atoms with Crippen molar-refractivity contribution in [2.24, 2.45) is 0 Å². The van der Waals surface area contributed by atoms with Gasteiger partial charge in [0.15, 0.2) is 16.6 Å². The number of thiazole rings is 1. The van der Waals surface area contributed by atoms with Crippen LogP contribution in [0.3, 0.4) is 0 Å². The standard InChI is InChI=1S/C22H22Cl2N2O5S/c1-29-8-9-31-19-5-3-15(12-20(19)30-7-6-27)21(28)26-22-25-13-16(32-22)10-14-2-4-17(23)18(24)11-14/h2-5,11-13,27H,6-10H2,1H3,(H,25,26,28). The lowest BCUT2D eigenvalue weighted by Gasteiger charge is -2.13. The number of aliphatic hydroxyl groups is 1. The molecular formula is C22H22Cl2N2O5S. The quantitative estimate of drug-likeness (QED) is 0.374. The maximum absolute atomic E-state index is 12.7. The SMILES string of the molecule is COCCOc1ccc(C(=O)Nc2ncc(Cc3ccc(Cl)c(Cl)c3)s2)cc1OCCO. The molecule has 170 valence electrons. The zero-order valence-electron chi connectivity index (χ0n) is 17.3. The van der Waals surface area contributed by atoms with Crippen LogP contribution in [0.25, 0.3) is 0 Å². The molecule has 1 amide bonds. The van der Waals surface area contributed by atoms with Crippen molar-refractivity contribution in [1.29, 1.82) is 0 Å². The number of aromatic nitrogens is 1. The lowest BCUT2D eigenvalue weighted by molar-refractivity contribution is 0.102. The van der Waals surface area contributed by atoms with Gasteiger partial charge in [0.05, 0.1) is 23.3 Å². The summed E-state index contributed by atoms with van der Waals surface area (Å²) in [5.74, 6) is 0.491. The van der Waals surface area contributed by atoms with E-state index in [1.54, 1.807) is 37.6 Å². The van der Waals surface area contributed by atoms with Crippen molar-refractivity contribution in [3.63, 3.8) is 0 Å². The van der Waals surface area contributed by atoms with Crippen LogP contribution in [0.15, 0.2) is 42.6 Å². The number of anilines is 1. The van der Waals surface area contributed by atoms with Gasteiger partial charge in [-0.1, -0.05) is 29.3 Å². The summed E-state index contributed by atoms with van der Waals surface area (Å²) in [5.41, 5.74) is 1.37. The van der Waals surface area contributed by atoms with Crippen LogP contribution in [0.1, 0.15) is 20.8 Å². The molecule has 0 saturated heterocycles. The Morgan fingerprint density at radius 2 is 1.88 bits per heavy atom. The summed E-state index contributed by atoms with van der Waals surface area (Å²) >= 11 is 13.4. The number of amides is 1. The highest BCUT2D eigenvalue weighted by Gasteiger charge is 2.14. The number of hydrogen-bond acceptors (Lipinski definition) is 7. The van der Waals surface area contributed by atoms with Crippen molar-refractivity contribution >= 4 is 45.6 Å². The molecule has 0 unspecified atom stereocenters. The van der Waals surface area contributed by atoms with Gasteiger partial charge >= 0.3 is 0 Å². The number of ether oxygens (including phenoxy) is 3. The smallest absolute Gasteiger partial charge is 0.257 e. The normalized spacial score (nSPS) is 10.8. The number of benzene rings is 2. The monoisotopic (exact) mass is 496 g/mol. The van der Waals surface area contributed by atoms with Crippen LogP contribution in [0.2, 0.25) is 10.0 Å². The number of nitrogens with one attached hydrogen (secondary N) is 1. The number of carbonyl (C=O) groups is 1. The van der Waals surface area contributed by atoms with Crippen LogP contribution in [0.4, 0.5) is 5.13 Å². The van der Waals surface area contributed by atoms with Crippen LogP contribution < -0.4 is 14.8 Å². The first-order valence-corrected chi connectivity index (χ1v) is 11.3. The second-order valence-corrected chi connectivity index (χ2v) is 8.52. The van der Waals surface area contributed by atoms with E-state index in [1.165, 1.54) is 11.3 Å². The van der Waals surface area contributed by atoms with E-state index in [2.05, 4.69) is 10.3 Å². The largest absolute Gasteiger partial charge is 0.487 e. The maximum Gasteiger partial charge on any atom is 0.257 e. The Bertz CT molecular complexity index is 1060. The van der Waals surface area contributed by atoms with Crippen molar-refractivity contribution in [1.82, 2.24) is 4.98 Å². The number of carbonyl (C=O) groups excluding carboxylic acids is 1. The van der Waals surface area contributed by atoms with Crippen LogP contribution in [-0.2, 0) is 11.2 Å². The lowest BCUT2D eigenvalue weighted by Crippen LogP contribution is -2.13.